The highest BCUT2D eigenvalue weighted by Gasteiger charge is 2.39. The zero-order chi connectivity index (χ0) is 18.9. The van der Waals surface area contributed by atoms with Gasteiger partial charge in [-0.1, -0.05) is 11.6 Å². The van der Waals surface area contributed by atoms with Crippen LogP contribution >= 0.6 is 24.0 Å². The van der Waals surface area contributed by atoms with E-state index in [0.29, 0.717) is 28.9 Å². The molecule has 28 heavy (non-hydrogen) atoms. The maximum atomic E-state index is 13.0. The second-order valence-electron chi connectivity index (χ2n) is 7.31. The van der Waals surface area contributed by atoms with Crippen molar-refractivity contribution in [3.63, 3.8) is 0 Å². The van der Waals surface area contributed by atoms with E-state index in [2.05, 4.69) is 26.2 Å². The first-order chi connectivity index (χ1) is 13.1. The number of carbonyl (C=O) groups is 1. The van der Waals surface area contributed by atoms with Gasteiger partial charge in [0, 0.05) is 18.7 Å². The maximum Gasteiger partial charge on any atom is 0.233 e. The first-order valence-electron chi connectivity index (χ1n) is 9.22. The molecule has 0 atom stereocenters. The zero-order valence-corrected chi connectivity index (χ0v) is 17.2. The van der Waals surface area contributed by atoms with E-state index in [1.54, 1.807) is 23.9 Å². The highest BCUT2D eigenvalue weighted by atomic mass is 35.5. The number of nitrogens with one attached hydrogen (secondary N) is 2. The van der Waals surface area contributed by atoms with Gasteiger partial charge in [-0.3, -0.25) is 4.79 Å². The van der Waals surface area contributed by atoms with Crippen molar-refractivity contribution in [2.24, 2.45) is 5.41 Å². The molecule has 1 saturated heterocycles. The number of hydrogen-bond donors (Lipinski definition) is 2. The predicted molar refractivity (Wildman–Crippen MR) is 108 cm³/mol. The highest BCUT2D eigenvalue weighted by Crippen LogP contribution is 2.40. The van der Waals surface area contributed by atoms with Gasteiger partial charge in [0.1, 0.15) is 0 Å². The molecule has 1 amide bonds. The minimum absolute atomic E-state index is 0. The fourth-order valence-electron chi connectivity index (χ4n) is 3.60. The Morgan fingerprint density at radius 1 is 1.39 bits per heavy atom. The molecular weight excluding hydrogens is 403 g/mol. The SMILES string of the molecule is COCC1(C(=O)Nc2ccc(Cl)c(-n3nnnc3C3CC3)c2)CCNCC1.Cl. The Labute approximate surface area is 174 Å². The second-order valence-corrected chi connectivity index (χ2v) is 7.71. The van der Waals surface area contributed by atoms with Gasteiger partial charge in [-0.2, -0.15) is 4.68 Å². The van der Waals surface area contributed by atoms with Crippen LogP contribution in [0.25, 0.3) is 5.69 Å². The lowest BCUT2D eigenvalue weighted by atomic mass is 9.78. The molecular formula is C18H24Cl2N6O2. The van der Waals surface area contributed by atoms with Gasteiger partial charge in [0.25, 0.3) is 0 Å². The molecule has 2 heterocycles. The highest BCUT2D eigenvalue weighted by molar-refractivity contribution is 6.32. The van der Waals surface area contributed by atoms with Crippen LogP contribution in [0.5, 0.6) is 0 Å². The molecule has 8 nitrogen and oxygen atoms in total. The number of tetrazole rings is 1. The lowest BCUT2D eigenvalue weighted by Gasteiger charge is -2.35. The second kappa shape index (κ2) is 8.73. The van der Waals surface area contributed by atoms with E-state index in [1.807, 2.05) is 6.07 Å². The van der Waals surface area contributed by atoms with Crippen LogP contribution in [-0.4, -0.2) is 52.9 Å². The summed E-state index contributed by atoms with van der Waals surface area (Å²) in [5.41, 5.74) is 0.825. The molecule has 1 aliphatic heterocycles. The molecule has 10 heteroatoms. The summed E-state index contributed by atoms with van der Waals surface area (Å²) >= 11 is 6.39. The standard InChI is InChI=1S/C18H23ClN6O2.ClH/c1-27-11-18(6-8-20-9-7-18)17(26)21-13-4-5-14(19)15(10-13)25-16(12-2-3-12)22-23-24-25;/h4-5,10,12,20H,2-3,6-9,11H2,1H3,(H,21,26);1H. The van der Waals surface area contributed by atoms with Crippen molar-refractivity contribution < 1.29 is 9.53 Å². The van der Waals surface area contributed by atoms with Crippen molar-refractivity contribution in [2.45, 2.75) is 31.6 Å². The van der Waals surface area contributed by atoms with Crippen molar-refractivity contribution in [1.29, 1.82) is 0 Å². The van der Waals surface area contributed by atoms with E-state index in [9.17, 15) is 4.79 Å². The summed E-state index contributed by atoms with van der Waals surface area (Å²) in [6.45, 7) is 2.01. The normalized spacial score (nSPS) is 18.4. The minimum Gasteiger partial charge on any atom is -0.384 e. The van der Waals surface area contributed by atoms with Crippen molar-refractivity contribution in [1.82, 2.24) is 25.5 Å². The number of amides is 1. The van der Waals surface area contributed by atoms with E-state index in [-0.39, 0.29) is 18.3 Å². The predicted octanol–water partition coefficient (Wildman–Crippen LogP) is 2.57. The number of nitrogens with zero attached hydrogens (tertiary/aromatic N) is 4. The van der Waals surface area contributed by atoms with Crippen LogP contribution in [0.15, 0.2) is 18.2 Å². The summed E-state index contributed by atoms with van der Waals surface area (Å²) in [5, 5.41) is 18.9. The molecule has 152 valence electrons. The average molecular weight is 427 g/mol. The fourth-order valence-corrected chi connectivity index (χ4v) is 3.79. The number of piperidine rings is 1. The Kier molecular flexibility index (Phi) is 6.54. The van der Waals surface area contributed by atoms with Gasteiger partial charge in [0.15, 0.2) is 5.82 Å². The van der Waals surface area contributed by atoms with E-state index < -0.39 is 5.41 Å². The lowest BCUT2D eigenvalue weighted by Crippen LogP contribution is -2.47. The van der Waals surface area contributed by atoms with Crippen LogP contribution in [0.1, 0.15) is 37.4 Å². The third-order valence-corrected chi connectivity index (χ3v) is 5.65. The number of methoxy groups -OCH3 is 1. The Morgan fingerprint density at radius 3 is 2.82 bits per heavy atom. The lowest BCUT2D eigenvalue weighted by molar-refractivity contribution is -0.130. The maximum absolute atomic E-state index is 13.0. The number of hydrogen-bond acceptors (Lipinski definition) is 6. The fraction of sp³-hybridized carbons (Fsp3) is 0.556. The molecule has 1 saturated carbocycles. The summed E-state index contributed by atoms with van der Waals surface area (Å²) in [4.78, 5) is 13.0. The summed E-state index contributed by atoms with van der Waals surface area (Å²) in [5.74, 6) is 1.17. The van der Waals surface area contributed by atoms with E-state index in [4.69, 9.17) is 16.3 Å². The minimum atomic E-state index is -0.520. The Hall–Kier alpha value is -1.74. The number of halogens is 2. The molecule has 0 unspecified atom stereocenters. The van der Waals surface area contributed by atoms with Gasteiger partial charge in [-0.05, 0) is 67.4 Å². The summed E-state index contributed by atoms with van der Waals surface area (Å²) < 4.78 is 7.03. The monoisotopic (exact) mass is 426 g/mol. The van der Waals surface area contributed by atoms with Crippen LogP contribution in [0.4, 0.5) is 5.69 Å². The Balaban J connectivity index is 0.00000225. The van der Waals surface area contributed by atoms with Gasteiger partial charge in [0.2, 0.25) is 5.91 Å². The quantitative estimate of drug-likeness (QED) is 0.736. The van der Waals surface area contributed by atoms with Gasteiger partial charge in [-0.15, -0.1) is 17.5 Å². The molecule has 2 aromatic rings. The molecule has 2 aliphatic rings. The molecule has 0 radical (unpaired) electrons. The molecule has 1 aromatic heterocycles. The molecule has 0 spiro atoms. The van der Waals surface area contributed by atoms with Crippen LogP contribution in [0, 0.1) is 5.41 Å². The van der Waals surface area contributed by atoms with Gasteiger partial charge in [0.05, 0.1) is 22.7 Å². The van der Waals surface area contributed by atoms with Gasteiger partial charge >= 0.3 is 0 Å². The smallest absolute Gasteiger partial charge is 0.233 e. The average Bonchev–Trinajstić information content (AvgIpc) is 3.41. The van der Waals surface area contributed by atoms with Gasteiger partial charge < -0.3 is 15.4 Å². The molecule has 2 fully saturated rings. The topological polar surface area (TPSA) is 94.0 Å². The van der Waals surface area contributed by atoms with E-state index >= 15 is 0 Å². The summed E-state index contributed by atoms with van der Waals surface area (Å²) in [6.07, 6.45) is 3.65. The molecule has 4 rings (SSSR count). The van der Waals surface area contributed by atoms with Gasteiger partial charge in [-0.25, -0.2) is 0 Å². The van der Waals surface area contributed by atoms with Crippen molar-refractivity contribution in [3.8, 4) is 5.69 Å². The van der Waals surface area contributed by atoms with E-state index in [1.165, 1.54) is 0 Å². The van der Waals surface area contributed by atoms with E-state index in [0.717, 1.165) is 44.6 Å². The third-order valence-electron chi connectivity index (χ3n) is 5.33. The molecule has 1 aliphatic carbocycles. The Morgan fingerprint density at radius 2 is 2.14 bits per heavy atom. The van der Waals surface area contributed by atoms with Crippen molar-refractivity contribution in [2.75, 3.05) is 32.1 Å². The van der Waals surface area contributed by atoms with Crippen LogP contribution in [-0.2, 0) is 9.53 Å². The first-order valence-corrected chi connectivity index (χ1v) is 9.60. The Bertz CT molecular complexity index is 828. The zero-order valence-electron chi connectivity index (χ0n) is 15.7. The van der Waals surface area contributed by atoms with Crippen molar-refractivity contribution >= 4 is 35.6 Å². The first kappa shape index (κ1) is 21.0. The van der Waals surface area contributed by atoms with Crippen LogP contribution in [0.3, 0.4) is 0 Å². The molecule has 0 bridgehead atoms. The van der Waals surface area contributed by atoms with Crippen LogP contribution < -0.4 is 10.6 Å². The third kappa shape index (κ3) is 4.15. The number of aromatic nitrogens is 4. The number of ether oxygens (including phenoxy) is 1. The summed E-state index contributed by atoms with van der Waals surface area (Å²) in [6, 6.07) is 5.38. The number of benzene rings is 1. The van der Waals surface area contributed by atoms with Crippen LogP contribution in [0.2, 0.25) is 5.02 Å². The molecule has 2 N–H and O–H groups in total. The molecule has 1 aromatic carbocycles. The van der Waals surface area contributed by atoms with Crippen molar-refractivity contribution in [3.05, 3.63) is 29.0 Å². The number of rotatable bonds is 6. The number of anilines is 1. The largest absolute Gasteiger partial charge is 0.384 e. The summed E-state index contributed by atoms with van der Waals surface area (Å²) in [7, 11) is 1.63. The number of carbonyl (C=O) groups excluding carboxylic acids is 1.